The number of pyridine rings is 1. The van der Waals surface area contributed by atoms with Crippen molar-refractivity contribution >= 4 is 39.7 Å². The van der Waals surface area contributed by atoms with Crippen LogP contribution in [-0.2, 0) is 11.4 Å². The quantitative estimate of drug-likeness (QED) is 0.463. The lowest BCUT2D eigenvalue weighted by atomic mass is 10.1. The van der Waals surface area contributed by atoms with Crippen molar-refractivity contribution in [3.05, 3.63) is 60.2 Å². The first-order chi connectivity index (χ1) is 13.4. The molecule has 0 atom stereocenters. The predicted molar refractivity (Wildman–Crippen MR) is 108 cm³/mol. The van der Waals surface area contributed by atoms with E-state index in [1.165, 1.54) is 0 Å². The summed E-state index contributed by atoms with van der Waals surface area (Å²) in [5.74, 6) is 0.354. The Balaban J connectivity index is 0.000000516. The summed E-state index contributed by atoms with van der Waals surface area (Å²) in [6.07, 6.45) is 0. The van der Waals surface area contributed by atoms with Gasteiger partial charge in [-0.2, -0.15) is 9.97 Å². The highest BCUT2D eigenvalue weighted by Crippen LogP contribution is 2.25. The number of carboxylic acids is 1. The number of ether oxygens (including phenoxy) is 1. The summed E-state index contributed by atoms with van der Waals surface area (Å²) in [5, 5.41) is 9.05. The molecule has 2 aromatic heterocycles. The molecule has 0 bridgehead atoms. The fourth-order valence-electron chi connectivity index (χ4n) is 2.56. The molecule has 5 N–H and O–H groups in total. The van der Waals surface area contributed by atoms with Crippen LogP contribution in [0.1, 0.15) is 12.5 Å². The summed E-state index contributed by atoms with van der Waals surface area (Å²) in [6.45, 7) is 1.59. The molecule has 0 spiro atoms. The van der Waals surface area contributed by atoms with E-state index in [9.17, 15) is 0 Å². The van der Waals surface area contributed by atoms with Crippen LogP contribution in [0.25, 0.3) is 21.9 Å². The Bertz CT molecular complexity index is 1130. The second-order valence-electron chi connectivity index (χ2n) is 5.97. The van der Waals surface area contributed by atoms with Crippen LogP contribution in [0.4, 0.5) is 11.8 Å². The van der Waals surface area contributed by atoms with Crippen molar-refractivity contribution < 1.29 is 14.6 Å². The molecule has 4 rings (SSSR count). The number of hydrogen-bond donors (Lipinski definition) is 3. The maximum Gasteiger partial charge on any atom is 0.300 e. The minimum absolute atomic E-state index is 0.114. The molecule has 0 amide bonds. The Morgan fingerprint density at radius 3 is 2.46 bits per heavy atom. The van der Waals surface area contributed by atoms with E-state index >= 15 is 0 Å². The number of nitrogens with two attached hydrogens (primary N) is 2. The number of carboxylic acid groups (broad SMARTS) is 1. The molecular formula is C20H19N5O3. The number of carbonyl (C=O) groups is 1. The number of benzene rings is 2. The molecule has 8 heteroatoms. The van der Waals surface area contributed by atoms with Gasteiger partial charge < -0.3 is 21.3 Å². The highest BCUT2D eigenvalue weighted by Gasteiger charge is 2.08. The van der Waals surface area contributed by atoms with Crippen LogP contribution < -0.4 is 16.2 Å². The first-order valence-electron chi connectivity index (χ1n) is 8.42. The number of aliphatic carboxylic acids is 1. The van der Waals surface area contributed by atoms with Crippen molar-refractivity contribution in [2.24, 2.45) is 0 Å². The Morgan fingerprint density at radius 1 is 1.04 bits per heavy atom. The number of fused-ring (bicyclic) bond motifs is 2. The zero-order chi connectivity index (χ0) is 20.1. The minimum Gasteiger partial charge on any atom is -0.489 e. The summed E-state index contributed by atoms with van der Waals surface area (Å²) in [5.41, 5.74) is 13.9. The minimum atomic E-state index is -0.833. The third-order valence-electron chi connectivity index (χ3n) is 3.75. The summed E-state index contributed by atoms with van der Waals surface area (Å²) in [6, 6.07) is 17.6. The van der Waals surface area contributed by atoms with Crippen LogP contribution in [0.3, 0.4) is 0 Å². The van der Waals surface area contributed by atoms with E-state index in [2.05, 4.69) is 15.0 Å². The van der Waals surface area contributed by atoms with Crippen molar-refractivity contribution in [1.82, 2.24) is 15.0 Å². The van der Waals surface area contributed by atoms with Crippen LogP contribution in [-0.4, -0.2) is 26.0 Å². The molecule has 0 aliphatic rings. The number of aromatic nitrogens is 3. The van der Waals surface area contributed by atoms with Crippen LogP contribution in [0.15, 0.2) is 54.6 Å². The first-order valence-corrected chi connectivity index (χ1v) is 8.42. The van der Waals surface area contributed by atoms with Gasteiger partial charge in [0.25, 0.3) is 5.97 Å². The molecule has 4 aromatic rings. The number of rotatable bonds is 3. The molecule has 8 nitrogen and oxygen atoms in total. The zero-order valence-corrected chi connectivity index (χ0v) is 15.2. The Morgan fingerprint density at radius 2 is 1.75 bits per heavy atom. The van der Waals surface area contributed by atoms with Crippen LogP contribution in [0, 0.1) is 0 Å². The molecule has 0 radical (unpaired) electrons. The van der Waals surface area contributed by atoms with Crippen LogP contribution >= 0.6 is 0 Å². The van der Waals surface area contributed by atoms with Gasteiger partial charge in [0.15, 0.2) is 5.65 Å². The van der Waals surface area contributed by atoms with Gasteiger partial charge in [-0.3, -0.25) is 4.79 Å². The van der Waals surface area contributed by atoms with Gasteiger partial charge >= 0.3 is 0 Å². The molecular weight excluding hydrogens is 358 g/mol. The van der Waals surface area contributed by atoms with E-state index in [0.717, 1.165) is 29.1 Å². The lowest BCUT2D eigenvalue weighted by Crippen LogP contribution is -2.01. The van der Waals surface area contributed by atoms with Gasteiger partial charge in [0, 0.05) is 18.4 Å². The SMILES string of the molecule is CC(=O)O.Nc1nc(N)c2cc3ccc(OCc4ccccc4)cc3nc2n1. The van der Waals surface area contributed by atoms with Gasteiger partial charge in [0.05, 0.1) is 10.9 Å². The monoisotopic (exact) mass is 377 g/mol. The van der Waals surface area contributed by atoms with E-state index in [4.69, 9.17) is 26.1 Å². The lowest BCUT2D eigenvalue weighted by Gasteiger charge is -2.08. The van der Waals surface area contributed by atoms with E-state index in [-0.39, 0.29) is 5.95 Å². The summed E-state index contributed by atoms with van der Waals surface area (Å²) in [7, 11) is 0. The number of nitrogens with zero attached hydrogens (tertiary/aromatic N) is 3. The Labute approximate surface area is 160 Å². The molecule has 28 heavy (non-hydrogen) atoms. The van der Waals surface area contributed by atoms with Gasteiger partial charge in [0.2, 0.25) is 5.95 Å². The molecule has 0 fully saturated rings. The molecule has 0 saturated heterocycles. The molecule has 0 aliphatic heterocycles. The lowest BCUT2D eigenvalue weighted by molar-refractivity contribution is -0.134. The van der Waals surface area contributed by atoms with Crippen molar-refractivity contribution in [3.8, 4) is 5.75 Å². The second kappa shape index (κ2) is 8.17. The predicted octanol–water partition coefficient (Wildman–Crippen LogP) is 3.01. The maximum absolute atomic E-state index is 9.00. The molecule has 2 aromatic carbocycles. The number of hydrogen-bond acceptors (Lipinski definition) is 7. The topological polar surface area (TPSA) is 137 Å². The van der Waals surface area contributed by atoms with Gasteiger partial charge in [0.1, 0.15) is 18.2 Å². The average Bonchev–Trinajstić information content (AvgIpc) is 2.65. The summed E-state index contributed by atoms with van der Waals surface area (Å²) >= 11 is 0. The van der Waals surface area contributed by atoms with Gasteiger partial charge in [-0.1, -0.05) is 30.3 Å². The van der Waals surface area contributed by atoms with Gasteiger partial charge in [-0.15, -0.1) is 0 Å². The molecule has 142 valence electrons. The number of anilines is 2. The van der Waals surface area contributed by atoms with E-state index in [1.54, 1.807) is 0 Å². The summed E-state index contributed by atoms with van der Waals surface area (Å²) in [4.78, 5) is 21.6. The molecule has 2 heterocycles. The molecule has 0 saturated carbocycles. The smallest absolute Gasteiger partial charge is 0.300 e. The summed E-state index contributed by atoms with van der Waals surface area (Å²) < 4.78 is 5.84. The largest absolute Gasteiger partial charge is 0.489 e. The van der Waals surface area contributed by atoms with Crippen LogP contribution in [0.2, 0.25) is 0 Å². The van der Waals surface area contributed by atoms with E-state index in [0.29, 0.717) is 23.5 Å². The van der Waals surface area contributed by atoms with Crippen molar-refractivity contribution in [3.63, 3.8) is 0 Å². The fraction of sp³-hybridized carbons (Fsp3) is 0.100. The van der Waals surface area contributed by atoms with Gasteiger partial charge in [-0.25, -0.2) is 4.98 Å². The Kier molecular flexibility index (Phi) is 5.50. The normalized spacial score (nSPS) is 10.3. The van der Waals surface area contributed by atoms with Crippen LogP contribution in [0.5, 0.6) is 5.75 Å². The fourth-order valence-corrected chi connectivity index (χ4v) is 2.56. The molecule has 0 unspecified atom stereocenters. The Hall–Kier alpha value is -3.94. The second-order valence-corrected chi connectivity index (χ2v) is 5.97. The maximum atomic E-state index is 9.00. The van der Waals surface area contributed by atoms with E-state index < -0.39 is 5.97 Å². The zero-order valence-electron chi connectivity index (χ0n) is 15.2. The highest BCUT2D eigenvalue weighted by atomic mass is 16.5. The van der Waals surface area contributed by atoms with E-state index in [1.807, 2.05) is 54.6 Å². The van der Waals surface area contributed by atoms with Gasteiger partial charge in [-0.05, 0) is 23.8 Å². The number of nitrogen functional groups attached to an aromatic ring is 2. The molecule has 0 aliphatic carbocycles. The third kappa shape index (κ3) is 4.61. The average molecular weight is 377 g/mol. The third-order valence-corrected chi connectivity index (χ3v) is 3.75. The van der Waals surface area contributed by atoms with Crippen molar-refractivity contribution in [1.29, 1.82) is 0 Å². The van der Waals surface area contributed by atoms with Crippen molar-refractivity contribution in [2.45, 2.75) is 13.5 Å². The van der Waals surface area contributed by atoms with Crippen molar-refractivity contribution in [2.75, 3.05) is 11.5 Å². The standard InChI is InChI=1S/C18H15N5O.C2H4O2/c19-16-14-8-12-6-7-13(24-10-11-4-2-1-3-5-11)9-15(12)21-17(14)23-18(20)22-16;1-2(3)4/h1-9H,10H2,(H4,19,20,21,22,23);1H3,(H,3,4). The first kappa shape index (κ1) is 18.8. The highest BCUT2D eigenvalue weighted by molar-refractivity contribution is 5.96.